The van der Waals surface area contributed by atoms with Crippen molar-refractivity contribution in [2.24, 2.45) is 0 Å². The van der Waals surface area contributed by atoms with Gasteiger partial charge in [-0.1, -0.05) is 6.07 Å². The number of aromatic nitrogens is 4. The van der Waals surface area contributed by atoms with E-state index in [4.69, 9.17) is 5.73 Å². The van der Waals surface area contributed by atoms with Crippen LogP contribution in [-0.4, -0.2) is 19.6 Å². The normalized spacial score (nSPS) is 10.9. The van der Waals surface area contributed by atoms with Gasteiger partial charge < -0.3 is 5.73 Å². The number of anilines is 1. The molecule has 0 radical (unpaired) electrons. The van der Waals surface area contributed by atoms with Crippen LogP contribution >= 0.6 is 11.3 Å². The third-order valence-corrected chi connectivity index (χ3v) is 2.84. The largest absolute Gasteiger partial charge is 0.383 e. The maximum Gasteiger partial charge on any atom is 0.214 e. The summed E-state index contributed by atoms with van der Waals surface area (Å²) in [5, 5.41) is 6.09. The Morgan fingerprint density at radius 3 is 3.00 bits per heavy atom. The van der Waals surface area contributed by atoms with Crippen LogP contribution < -0.4 is 5.73 Å². The third-order valence-electron chi connectivity index (χ3n) is 2.00. The average Bonchev–Trinajstić information content (AvgIpc) is 2.83. The molecule has 0 saturated carbocycles. The molecule has 6 heteroatoms. The Morgan fingerprint density at radius 1 is 1.33 bits per heavy atom. The van der Waals surface area contributed by atoms with Crippen molar-refractivity contribution in [2.75, 3.05) is 5.73 Å². The Morgan fingerprint density at radius 2 is 2.27 bits per heavy atom. The van der Waals surface area contributed by atoms with E-state index in [1.165, 1.54) is 11.3 Å². The molecule has 0 aliphatic rings. The fourth-order valence-electron chi connectivity index (χ4n) is 1.31. The lowest BCUT2D eigenvalue weighted by Crippen LogP contribution is -1.92. The zero-order valence-corrected chi connectivity index (χ0v) is 8.48. The summed E-state index contributed by atoms with van der Waals surface area (Å²) >= 11 is 1.47. The number of hydrogen-bond acceptors (Lipinski definition) is 5. The maximum atomic E-state index is 5.72. The van der Waals surface area contributed by atoms with Gasteiger partial charge in [0, 0.05) is 11.6 Å². The quantitative estimate of drug-likeness (QED) is 0.669. The van der Waals surface area contributed by atoms with E-state index in [0.29, 0.717) is 11.6 Å². The van der Waals surface area contributed by atoms with E-state index in [-0.39, 0.29) is 0 Å². The van der Waals surface area contributed by atoms with Crippen LogP contribution in [0.4, 0.5) is 5.82 Å². The molecule has 0 atom stereocenters. The van der Waals surface area contributed by atoms with Crippen LogP contribution in [-0.2, 0) is 0 Å². The number of hydrogen-bond donors (Lipinski definition) is 1. The summed E-state index contributed by atoms with van der Waals surface area (Å²) in [7, 11) is 0. The van der Waals surface area contributed by atoms with Gasteiger partial charge in [-0.25, -0.2) is 0 Å². The van der Waals surface area contributed by atoms with Crippen LogP contribution in [0.15, 0.2) is 29.8 Å². The van der Waals surface area contributed by atoms with Gasteiger partial charge in [0.2, 0.25) is 10.8 Å². The number of thiazole rings is 1. The van der Waals surface area contributed by atoms with Crippen LogP contribution in [0.1, 0.15) is 0 Å². The van der Waals surface area contributed by atoms with Gasteiger partial charge in [0.15, 0.2) is 0 Å². The molecule has 5 nitrogen and oxygen atoms in total. The van der Waals surface area contributed by atoms with Crippen LogP contribution in [0.2, 0.25) is 0 Å². The van der Waals surface area contributed by atoms with Gasteiger partial charge in [-0.2, -0.15) is 9.50 Å². The summed E-state index contributed by atoms with van der Waals surface area (Å²) in [6.45, 7) is 0. The van der Waals surface area contributed by atoms with E-state index in [1.54, 1.807) is 10.7 Å². The van der Waals surface area contributed by atoms with Gasteiger partial charge in [-0.05, 0) is 12.1 Å². The number of nitrogen functional groups attached to an aromatic ring is 1. The predicted molar refractivity (Wildman–Crippen MR) is 58.5 cm³/mol. The summed E-state index contributed by atoms with van der Waals surface area (Å²) in [5.74, 6) is 1.21. The molecule has 0 aliphatic heterocycles. The summed E-state index contributed by atoms with van der Waals surface area (Å²) in [6.07, 6.45) is 1.72. The zero-order chi connectivity index (χ0) is 10.3. The maximum absolute atomic E-state index is 5.72. The molecule has 0 aliphatic carbocycles. The zero-order valence-electron chi connectivity index (χ0n) is 7.66. The molecule has 2 N–H and O–H groups in total. The molecule has 15 heavy (non-hydrogen) atoms. The predicted octanol–water partition coefficient (Wildman–Crippen LogP) is 1.43. The molecule has 74 valence electrons. The van der Waals surface area contributed by atoms with Crippen LogP contribution in [0.25, 0.3) is 16.5 Å². The lowest BCUT2D eigenvalue weighted by atomic mass is 10.3. The minimum atomic E-state index is 0.602. The second-order valence-corrected chi connectivity index (χ2v) is 3.84. The van der Waals surface area contributed by atoms with E-state index >= 15 is 0 Å². The number of rotatable bonds is 1. The van der Waals surface area contributed by atoms with Crippen molar-refractivity contribution in [3.8, 4) is 11.5 Å². The minimum absolute atomic E-state index is 0.602. The Kier molecular flexibility index (Phi) is 1.69. The van der Waals surface area contributed by atoms with Gasteiger partial charge in [-0.3, -0.25) is 4.98 Å². The van der Waals surface area contributed by atoms with Crippen LogP contribution in [0.3, 0.4) is 0 Å². The standard InChI is InChI=1S/C9H7N5S/c10-7-5-15-9-12-8(13-14(7)9)6-3-1-2-4-11-6/h1-5H,10H2. The first kappa shape index (κ1) is 8.37. The molecule has 3 aromatic heterocycles. The third kappa shape index (κ3) is 1.26. The smallest absolute Gasteiger partial charge is 0.214 e. The highest BCUT2D eigenvalue weighted by Crippen LogP contribution is 2.19. The summed E-state index contributed by atoms with van der Waals surface area (Å²) < 4.78 is 1.62. The number of pyridine rings is 1. The Bertz CT molecular complexity index is 597. The fraction of sp³-hybridized carbons (Fsp3) is 0. The molecule has 0 spiro atoms. The SMILES string of the molecule is Nc1csc2nc(-c3ccccn3)nn12. The summed E-state index contributed by atoms with van der Waals surface area (Å²) in [6, 6.07) is 5.63. The van der Waals surface area contributed by atoms with Crippen LogP contribution in [0.5, 0.6) is 0 Å². The molecule has 3 aromatic rings. The number of nitrogens with two attached hydrogens (primary N) is 1. The van der Waals surface area contributed by atoms with Crippen molar-refractivity contribution < 1.29 is 0 Å². The molecule has 0 unspecified atom stereocenters. The Hall–Kier alpha value is -1.95. The van der Waals surface area contributed by atoms with Gasteiger partial charge in [0.1, 0.15) is 11.5 Å². The van der Waals surface area contributed by atoms with E-state index in [0.717, 1.165) is 10.7 Å². The monoisotopic (exact) mass is 217 g/mol. The summed E-state index contributed by atoms with van der Waals surface area (Å²) in [5.41, 5.74) is 6.48. The molecule has 3 rings (SSSR count). The Labute approximate surface area is 89.2 Å². The van der Waals surface area contributed by atoms with E-state index < -0.39 is 0 Å². The minimum Gasteiger partial charge on any atom is -0.383 e. The molecule has 3 heterocycles. The highest BCUT2D eigenvalue weighted by Gasteiger charge is 2.09. The van der Waals surface area contributed by atoms with Crippen molar-refractivity contribution in [3.63, 3.8) is 0 Å². The lowest BCUT2D eigenvalue weighted by Gasteiger charge is -1.90. The van der Waals surface area contributed by atoms with Crippen molar-refractivity contribution in [3.05, 3.63) is 29.8 Å². The average molecular weight is 217 g/mol. The van der Waals surface area contributed by atoms with E-state index in [2.05, 4.69) is 15.1 Å². The second-order valence-electron chi connectivity index (χ2n) is 3.01. The lowest BCUT2D eigenvalue weighted by molar-refractivity contribution is 0.988. The first-order valence-corrected chi connectivity index (χ1v) is 5.24. The first-order chi connectivity index (χ1) is 7.34. The first-order valence-electron chi connectivity index (χ1n) is 4.36. The fourth-order valence-corrected chi connectivity index (χ4v) is 2.02. The molecule has 0 amide bonds. The van der Waals surface area contributed by atoms with Crippen molar-refractivity contribution >= 4 is 22.1 Å². The highest BCUT2D eigenvalue weighted by atomic mass is 32.1. The summed E-state index contributed by atoms with van der Waals surface area (Å²) in [4.78, 5) is 9.30. The molecular weight excluding hydrogens is 210 g/mol. The van der Waals surface area contributed by atoms with Crippen molar-refractivity contribution in [1.29, 1.82) is 0 Å². The number of nitrogens with zero attached hydrogens (tertiary/aromatic N) is 4. The van der Waals surface area contributed by atoms with Crippen LogP contribution in [0, 0.1) is 0 Å². The molecule has 0 fully saturated rings. The Balaban J connectivity index is 2.20. The van der Waals surface area contributed by atoms with Gasteiger partial charge >= 0.3 is 0 Å². The molecule has 0 saturated heterocycles. The van der Waals surface area contributed by atoms with Crippen molar-refractivity contribution in [1.82, 2.24) is 19.6 Å². The van der Waals surface area contributed by atoms with E-state index in [1.807, 2.05) is 23.6 Å². The highest BCUT2D eigenvalue weighted by molar-refractivity contribution is 7.15. The number of fused-ring (bicyclic) bond motifs is 1. The molecule has 0 aromatic carbocycles. The van der Waals surface area contributed by atoms with Gasteiger partial charge in [-0.15, -0.1) is 16.4 Å². The van der Waals surface area contributed by atoms with E-state index in [9.17, 15) is 0 Å². The molecule has 0 bridgehead atoms. The second kappa shape index (κ2) is 3.03. The van der Waals surface area contributed by atoms with Gasteiger partial charge in [0.25, 0.3) is 0 Å². The van der Waals surface area contributed by atoms with Crippen molar-refractivity contribution in [2.45, 2.75) is 0 Å². The van der Waals surface area contributed by atoms with Gasteiger partial charge in [0.05, 0.1) is 0 Å². The molecular formula is C9H7N5S. The topological polar surface area (TPSA) is 69.1 Å².